The number of hydrogen-bond donors (Lipinski definition) is 0. The fraction of sp³-hybridized carbons (Fsp3) is 0.500. The fourth-order valence-electron chi connectivity index (χ4n) is 1.57. The number of methoxy groups -OCH3 is 1. The molecular formula is C10H12O3. The van der Waals surface area contributed by atoms with Crippen molar-refractivity contribution in [2.75, 3.05) is 7.11 Å². The molecule has 0 N–H and O–H groups in total. The van der Waals surface area contributed by atoms with Gasteiger partial charge in [-0.15, -0.1) is 0 Å². The van der Waals surface area contributed by atoms with E-state index in [1.54, 1.807) is 0 Å². The Kier molecular flexibility index (Phi) is 1.87. The van der Waals surface area contributed by atoms with Crippen LogP contribution in [-0.2, 0) is 9.53 Å². The molecule has 0 amide bonds. The minimum absolute atomic E-state index is 0.0237. The van der Waals surface area contributed by atoms with Gasteiger partial charge >= 0.3 is 5.97 Å². The predicted molar refractivity (Wildman–Crippen MR) is 46.3 cm³/mol. The first-order valence-corrected chi connectivity index (χ1v) is 4.36. The Labute approximate surface area is 76.7 Å². The number of carbonyl (C=O) groups excluding carboxylic acids is 1. The third-order valence-electron chi connectivity index (χ3n) is 2.42. The average molecular weight is 180 g/mol. The van der Waals surface area contributed by atoms with E-state index in [1.807, 2.05) is 19.1 Å². The molecule has 1 aliphatic carbocycles. The van der Waals surface area contributed by atoms with Crippen LogP contribution in [0.5, 0.6) is 0 Å². The van der Waals surface area contributed by atoms with Crippen molar-refractivity contribution >= 4 is 5.97 Å². The van der Waals surface area contributed by atoms with Crippen molar-refractivity contribution in [3.8, 4) is 0 Å². The van der Waals surface area contributed by atoms with Gasteiger partial charge in [0.1, 0.15) is 11.5 Å². The number of carbonyl (C=O) groups is 1. The number of rotatable bonds is 2. The highest BCUT2D eigenvalue weighted by Gasteiger charge is 2.46. The summed E-state index contributed by atoms with van der Waals surface area (Å²) in [7, 11) is 1.42. The lowest BCUT2D eigenvalue weighted by atomic mass is 10.2. The molecule has 0 radical (unpaired) electrons. The molecule has 3 nitrogen and oxygen atoms in total. The van der Waals surface area contributed by atoms with Crippen molar-refractivity contribution in [3.63, 3.8) is 0 Å². The first kappa shape index (κ1) is 8.35. The monoisotopic (exact) mass is 180 g/mol. The first-order chi connectivity index (χ1) is 6.22. The Balaban J connectivity index is 2.04. The van der Waals surface area contributed by atoms with Gasteiger partial charge in [-0.3, -0.25) is 4.79 Å². The maximum absolute atomic E-state index is 11.1. The third-order valence-corrected chi connectivity index (χ3v) is 2.42. The van der Waals surface area contributed by atoms with E-state index in [-0.39, 0.29) is 17.8 Å². The normalized spacial score (nSPS) is 25.7. The van der Waals surface area contributed by atoms with Gasteiger partial charge in [0, 0.05) is 5.92 Å². The molecule has 0 saturated heterocycles. The van der Waals surface area contributed by atoms with Gasteiger partial charge in [0.05, 0.1) is 13.0 Å². The highest BCUT2D eigenvalue weighted by atomic mass is 16.5. The fourth-order valence-corrected chi connectivity index (χ4v) is 1.57. The number of furan rings is 1. The maximum Gasteiger partial charge on any atom is 0.309 e. The molecule has 0 aliphatic heterocycles. The van der Waals surface area contributed by atoms with Crippen LogP contribution in [0, 0.1) is 12.8 Å². The summed E-state index contributed by atoms with van der Waals surface area (Å²) < 4.78 is 10.1. The highest BCUT2D eigenvalue weighted by Crippen LogP contribution is 2.48. The third kappa shape index (κ3) is 1.46. The SMILES string of the molecule is COC(=O)C1CC1c1ccc(C)o1. The molecule has 0 spiro atoms. The molecule has 1 fully saturated rings. The molecular weight excluding hydrogens is 168 g/mol. The smallest absolute Gasteiger partial charge is 0.309 e. The van der Waals surface area contributed by atoms with Crippen LogP contribution in [0.25, 0.3) is 0 Å². The molecule has 1 aromatic heterocycles. The lowest BCUT2D eigenvalue weighted by Gasteiger charge is -1.95. The van der Waals surface area contributed by atoms with Crippen molar-refractivity contribution in [2.45, 2.75) is 19.3 Å². The van der Waals surface area contributed by atoms with Crippen molar-refractivity contribution in [1.29, 1.82) is 0 Å². The number of ether oxygens (including phenoxy) is 1. The molecule has 0 aromatic carbocycles. The minimum Gasteiger partial charge on any atom is -0.469 e. The van der Waals surface area contributed by atoms with Crippen LogP contribution in [0.15, 0.2) is 16.5 Å². The summed E-state index contributed by atoms with van der Waals surface area (Å²) in [5.41, 5.74) is 0. The van der Waals surface area contributed by atoms with Crippen LogP contribution >= 0.6 is 0 Å². The van der Waals surface area contributed by atoms with Gasteiger partial charge in [-0.05, 0) is 25.5 Å². The second-order valence-corrected chi connectivity index (χ2v) is 3.42. The minimum atomic E-state index is -0.126. The zero-order chi connectivity index (χ0) is 9.42. The zero-order valence-corrected chi connectivity index (χ0v) is 7.74. The Morgan fingerprint density at radius 3 is 2.92 bits per heavy atom. The first-order valence-electron chi connectivity index (χ1n) is 4.36. The van der Waals surface area contributed by atoms with Crippen molar-refractivity contribution in [3.05, 3.63) is 23.7 Å². The van der Waals surface area contributed by atoms with Gasteiger partial charge < -0.3 is 9.15 Å². The average Bonchev–Trinajstić information content (AvgIpc) is 2.82. The van der Waals surface area contributed by atoms with Gasteiger partial charge in [0.2, 0.25) is 0 Å². The Morgan fingerprint density at radius 1 is 1.62 bits per heavy atom. The summed E-state index contributed by atoms with van der Waals surface area (Å²) in [5.74, 6) is 1.95. The topological polar surface area (TPSA) is 39.4 Å². The molecule has 1 heterocycles. The number of aryl methyl sites for hydroxylation is 1. The van der Waals surface area contributed by atoms with Gasteiger partial charge in [-0.25, -0.2) is 0 Å². The Hall–Kier alpha value is -1.25. The molecule has 1 saturated carbocycles. The van der Waals surface area contributed by atoms with E-state index < -0.39 is 0 Å². The number of hydrogen-bond acceptors (Lipinski definition) is 3. The van der Waals surface area contributed by atoms with Crippen molar-refractivity contribution in [1.82, 2.24) is 0 Å². The van der Waals surface area contributed by atoms with Crippen LogP contribution in [0.3, 0.4) is 0 Å². The van der Waals surface area contributed by atoms with Crippen LogP contribution in [0.4, 0.5) is 0 Å². The molecule has 2 atom stereocenters. The molecule has 0 bridgehead atoms. The second kappa shape index (κ2) is 2.91. The van der Waals surface area contributed by atoms with Gasteiger partial charge in [0.15, 0.2) is 0 Å². The van der Waals surface area contributed by atoms with Gasteiger partial charge in [-0.2, -0.15) is 0 Å². The van der Waals surface area contributed by atoms with E-state index in [2.05, 4.69) is 4.74 Å². The molecule has 13 heavy (non-hydrogen) atoms. The Bertz CT molecular complexity index is 327. The summed E-state index contributed by atoms with van der Waals surface area (Å²) in [6.07, 6.45) is 0.861. The molecule has 1 aliphatic rings. The van der Waals surface area contributed by atoms with Gasteiger partial charge in [-0.1, -0.05) is 0 Å². The van der Waals surface area contributed by atoms with E-state index in [4.69, 9.17) is 4.42 Å². The van der Waals surface area contributed by atoms with E-state index in [9.17, 15) is 4.79 Å². The van der Waals surface area contributed by atoms with E-state index in [1.165, 1.54) is 7.11 Å². The Morgan fingerprint density at radius 2 is 2.38 bits per heavy atom. The largest absolute Gasteiger partial charge is 0.469 e. The van der Waals surface area contributed by atoms with Crippen LogP contribution < -0.4 is 0 Å². The molecule has 1 aromatic rings. The predicted octanol–water partition coefficient (Wildman–Crippen LogP) is 1.86. The molecule has 2 rings (SSSR count). The maximum atomic E-state index is 11.1. The van der Waals surface area contributed by atoms with Crippen LogP contribution in [0.1, 0.15) is 23.9 Å². The standard InChI is InChI=1S/C10H12O3/c1-6-3-4-9(13-6)7-5-8(7)10(11)12-2/h3-4,7-8H,5H2,1-2H3. The van der Waals surface area contributed by atoms with E-state index >= 15 is 0 Å². The summed E-state index contributed by atoms with van der Waals surface area (Å²) in [4.78, 5) is 11.1. The lowest BCUT2D eigenvalue weighted by Crippen LogP contribution is -2.03. The summed E-state index contributed by atoms with van der Waals surface area (Å²) in [6.45, 7) is 1.90. The summed E-state index contributed by atoms with van der Waals surface area (Å²) in [6, 6.07) is 3.85. The summed E-state index contributed by atoms with van der Waals surface area (Å²) >= 11 is 0. The van der Waals surface area contributed by atoms with E-state index in [0.29, 0.717) is 0 Å². The molecule has 3 heteroatoms. The second-order valence-electron chi connectivity index (χ2n) is 3.42. The van der Waals surface area contributed by atoms with E-state index in [0.717, 1.165) is 17.9 Å². The quantitative estimate of drug-likeness (QED) is 0.652. The zero-order valence-electron chi connectivity index (χ0n) is 7.74. The lowest BCUT2D eigenvalue weighted by molar-refractivity contribution is -0.142. The van der Waals surface area contributed by atoms with Crippen molar-refractivity contribution in [2.24, 2.45) is 5.92 Å². The van der Waals surface area contributed by atoms with Crippen LogP contribution in [0.2, 0.25) is 0 Å². The number of esters is 1. The highest BCUT2D eigenvalue weighted by molar-refractivity contribution is 5.76. The van der Waals surface area contributed by atoms with Gasteiger partial charge in [0.25, 0.3) is 0 Å². The van der Waals surface area contributed by atoms with Crippen molar-refractivity contribution < 1.29 is 13.9 Å². The summed E-state index contributed by atoms with van der Waals surface area (Å²) in [5, 5.41) is 0. The molecule has 70 valence electrons. The molecule has 2 unspecified atom stereocenters. The van der Waals surface area contributed by atoms with Crippen LogP contribution in [-0.4, -0.2) is 13.1 Å².